The molecule has 0 saturated carbocycles. The van der Waals surface area contributed by atoms with Gasteiger partial charge in [0, 0.05) is 30.2 Å². The van der Waals surface area contributed by atoms with Gasteiger partial charge in [0.1, 0.15) is 5.75 Å². The van der Waals surface area contributed by atoms with Gasteiger partial charge in [0.15, 0.2) is 0 Å². The molecule has 2 rings (SSSR count). The molecule has 0 aliphatic rings. The first-order valence-electron chi connectivity index (χ1n) is 5.94. The highest BCUT2D eigenvalue weighted by Crippen LogP contribution is 2.16. The Labute approximate surface area is 107 Å². The summed E-state index contributed by atoms with van der Waals surface area (Å²) in [6, 6.07) is 7.92. The van der Waals surface area contributed by atoms with Crippen LogP contribution in [-0.2, 0) is 6.54 Å². The summed E-state index contributed by atoms with van der Waals surface area (Å²) in [7, 11) is 0. The van der Waals surface area contributed by atoms with E-state index < -0.39 is 0 Å². The van der Waals surface area contributed by atoms with Gasteiger partial charge < -0.3 is 10.1 Å². The third-order valence-electron chi connectivity index (χ3n) is 2.50. The summed E-state index contributed by atoms with van der Waals surface area (Å²) >= 11 is 0. The van der Waals surface area contributed by atoms with Crippen molar-refractivity contribution in [2.24, 2.45) is 0 Å². The molecule has 1 aromatic carbocycles. The fraction of sp³-hybridized carbons (Fsp3) is 0.214. The summed E-state index contributed by atoms with van der Waals surface area (Å²) < 4.78 is 7.08. The Morgan fingerprint density at radius 1 is 1.39 bits per heavy atom. The van der Waals surface area contributed by atoms with Gasteiger partial charge in [-0.25, -0.2) is 4.68 Å². The Morgan fingerprint density at radius 2 is 2.17 bits per heavy atom. The highest BCUT2D eigenvalue weighted by atomic mass is 16.5. The number of hydrogen-bond acceptors (Lipinski definition) is 3. The Hall–Kier alpha value is -2.23. The van der Waals surface area contributed by atoms with Gasteiger partial charge in [-0.3, -0.25) is 0 Å². The molecule has 0 aliphatic carbocycles. The Morgan fingerprint density at radius 3 is 2.78 bits per heavy atom. The van der Waals surface area contributed by atoms with Crippen LogP contribution in [0.3, 0.4) is 0 Å². The first-order chi connectivity index (χ1) is 8.81. The first kappa shape index (κ1) is 12.2. The van der Waals surface area contributed by atoms with E-state index in [4.69, 9.17) is 4.74 Å². The molecule has 1 heterocycles. The summed E-state index contributed by atoms with van der Waals surface area (Å²) in [4.78, 5) is 0. The van der Waals surface area contributed by atoms with Crippen molar-refractivity contribution in [3.05, 3.63) is 48.8 Å². The van der Waals surface area contributed by atoms with Gasteiger partial charge in [-0.15, -0.1) is 0 Å². The van der Waals surface area contributed by atoms with Gasteiger partial charge in [0.05, 0.1) is 12.8 Å². The Bertz CT molecular complexity index is 502. The maximum absolute atomic E-state index is 5.39. The number of ether oxygens (including phenoxy) is 1. The zero-order chi connectivity index (χ0) is 12.8. The van der Waals surface area contributed by atoms with Crippen molar-refractivity contribution >= 4 is 11.9 Å². The summed E-state index contributed by atoms with van der Waals surface area (Å²) in [5, 5.41) is 7.45. The quantitative estimate of drug-likeness (QED) is 0.847. The number of nitrogens with zero attached hydrogens (tertiary/aromatic N) is 2. The van der Waals surface area contributed by atoms with E-state index in [2.05, 4.69) is 17.0 Å². The Kier molecular flexibility index (Phi) is 4.02. The largest absolute Gasteiger partial charge is 0.494 e. The van der Waals surface area contributed by atoms with Crippen LogP contribution in [0.25, 0.3) is 6.20 Å². The molecular formula is C14H17N3O. The van der Waals surface area contributed by atoms with Crippen molar-refractivity contribution in [3.63, 3.8) is 0 Å². The van der Waals surface area contributed by atoms with Crippen molar-refractivity contribution in [3.8, 4) is 5.75 Å². The van der Waals surface area contributed by atoms with Crippen LogP contribution in [-0.4, -0.2) is 16.4 Å². The fourth-order valence-electron chi connectivity index (χ4n) is 1.61. The average Bonchev–Trinajstić information content (AvgIpc) is 2.86. The van der Waals surface area contributed by atoms with Gasteiger partial charge in [0.25, 0.3) is 0 Å². The number of rotatable bonds is 6. The summed E-state index contributed by atoms with van der Waals surface area (Å²) in [5.74, 6) is 0.891. The predicted octanol–water partition coefficient (Wildman–Crippen LogP) is 2.99. The standard InChI is InChI=1S/C14H17N3O/c1-3-17-11-12(10-16-17)9-15-13-5-7-14(8-6-13)18-4-2/h3,5-8,10-11,15H,1,4,9H2,2H3. The van der Waals surface area contributed by atoms with E-state index in [-0.39, 0.29) is 0 Å². The van der Waals surface area contributed by atoms with Crippen LogP contribution < -0.4 is 10.1 Å². The molecule has 18 heavy (non-hydrogen) atoms. The third kappa shape index (κ3) is 3.13. The molecule has 0 unspecified atom stereocenters. The van der Waals surface area contributed by atoms with Crippen molar-refractivity contribution in [2.75, 3.05) is 11.9 Å². The van der Waals surface area contributed by atoms with Crippen LogP contribution in [0.1, 0.15) is 12.5 Å². The second-order valence-electron chi connectivity index (χ2n) is 3.82. The molecule has 2 aromatic rings. The highest BCUT2D eigenvalue weighted by Gasteiger charge is 1.98. The molecule has 4 nitrogen and oxygen atoms in total. The van der Waals surface area contributed by atoms with E-state index in [9.17, 15) is 0 Å². The molecule has 1 N–H and O–H groups in total. The third-order valence-corrected chi connectivity index (χ3v) is 2.50. The Balaban J connectivity index is 1.91. The second-order valence-corrected chi connectivity index (χ2v) is 3.82. The molecule has 94 valence electrons. The van der Waals surface area contributed by atoms with Crippen LogP contribution in [0, 0.1) is 0 Å². The lowest BCUT2D eigenvalue weighted by Crippen LogP contribution is -1.98. The highest BCUT2D eigenvalue weighted by molar-refractivity contribution is 5.46. The van der Waals surface area contributed by atoms with Crippen molar-refractivity contribution in [1.82, 2.24) is 9.78 Å². The predicted molar refractivity (Wildman–Crippen MR) is 73.6 cm³/mol. The molecule has 0 fully saturated rings. The number of anilines is 1. The van der Waals surface area contributed by atoms with Crippen molar-refractivity contribution in [1.29, 1.82) is 0 Å². The lowest BCUT2D eigenvalue weighted by molar-refractivity contribution is 0.340. The van der Waals surface area contributed by atoms with Crippen molar-refractivity contribution in [2.45, 2.75) is 13.5 Å². The zero-order valence-electron chi connectivity index (χ0n) is 10.5. The minimum absolute atomic E-state index is 0.688. The average molecular weight is 243 g/mol. The van der Waals surface area contributed by atoms with E-state index in [0.717, 1.165) is 23.5 Å². The molecule has 0 spiro atoms. The molecule has 1 aromatic heterocycles. The topological polar surface area (TPSA) is 39.1 Å². The summed E-state index contributed by atoms with van der Waals surface area (Å²) in [5.41, 5.74) is 2.17. The minimum atomic E-state index is 0.688. The van der Waals surface area contributed by atoms with Gasteiger partial charge in [0.2, 0.25) is 0 Å². The first-order valence-corrected chi connectivity index (χ1v) is 5.94. The molecule has 0 amide bonds. The molecule has 0 aliphatic heterocycles. The van der Waals surface area contributed by atoms with Gasteiger partial charge in [-0.1, -0.05) is 6.58 Å². The lowest BCUT2D eigenvalue weighted by Gasteiger charge is -2.06. The molecule has 0 bridgehead atoms. The zero-order valence-corrected chi connectivity index (χ0v) is 10.5. The number of nitrogens with one attached hydrogen (secondary N) is 1. The van der Waals surface area contributed by atoms with Crippen LogP contribution in [0.5, 0.6) is 5.75 Å². The molecule has 0 radical (unpaired) electrons. The van der Waals surface area contributed by atoms with E-state index >= 15 is 0 Å². The molecular weight excluding hydrogens is 226 g/mol. The monoisotopic (exact) mass is 243 g/mol. The van der Waals surface area contributed by atoms with E-state index in [1.165, 1.54) is 0 Å². The fourth-order valence-corrected chi connectivity index (χ4v) is 1.61. The number of hydrogen-bond donors (Lipinski definition) is 1. The van der Waals surface area contributed by atoms with Gasteiger partial charge in [-0.05, 0) is 31.2 Å². The lowest BCUT2D eigenvalue weighted by atomic mass is 10.3. The smallest absolute Gasteiger partial charge is 0.119 e. The van der Waals surface area contributed by atoms with Crippen LogP contribution >= 0.6 is 0 Å². The van der Waals surface area contributed by atoms with Gasteiger partial charge >= 0.3 is 0 Å². The van der Waals surface area contributed by atoms with Crippen LogP contribution in [0.4, 0.5) is 5.69 Å². The van der Waals surface area contributed by atoms with Crippen LogP contribution in [0.15, 0.2) is 43.2 Å². The molecule has 0 atom stereocenters. The number of aromatic nitrogens is 2. The van der Waals surface area contributed by atoms with Crippen molar-refractivity contribution < 1.29 is 4.74 Å². The second kappa shape index (κ2) is 5.91. The van der Waals surface area contributed by atoms with Crippen LogP contribution in [0.2, 0.25) is 0 Å². The number of benzene rings is 1. The maximum atomic E-state index is 5.39. The maximum Gasteiger partial charge on any atom is 0.119 e. The molecule has 0 saturated heterocycles. The SMILES string of the molecule is C=Cn1cc(CNc2ccc(OCC)cc2)cn1. The van der Waals surface area contributed by atoms with E-state index in [1.54, 1.807) is 10.9 Å². The summed E-state index contributed by atoms with van der Waals surface area (Å²) in [6.45, 7) is 7.06. The summed E-state index contributed by atoms with van der Waals surface area (Å²) in [6.07, 6.45) is 5.43. The minimum Gasteiger partial charge on any atom is -0.494 e. The normalized spacial score (nSPS) is 10.1. The van der Waals surface area contributed by atoms with Gasteiger partial charge in [-0.2, -0.15) is 5.10 Å². The van der Waals surface area contributed by atoms with E-state index in [0.29, 0.717) is 6.61 Å². The molecule has 4 heteroatoms. The van der Waals surface area contributed by atoms with E-state index in [1.807, 2.05) is 43.6 Å².